The highest BCUT2D eigenvalue weighted by Gasteiger charge is 2.30. The summed E-state index contributed by atoms with van der Waals surface area (Å²) in [5.74, 6) is 0.0836. The van der Waals surface area contributed by atoms with Gasteiger partial charge in [0, 0.05) is 25.7 Å². The molecular weight excluding hydrogens is 1130 g/mol. The summed E-state index contributed by atoms with van der Waals surface area (Å²) in [5, 5.41) is 10.5. The molecule has 19 heteroatoms. The number of hydrogen-bond donors (Lipinski definition) is 3. The van der Waals surface area contributed by atoms with Crippen molar-refractivity contribution in [2.24, 2.45) is 17.8 Å². The molecule has 0 aliphatic rings. The van der Waals surface area contributed by atoms with E-state index in [4.69, 9.17) is 37.0 Å². The number of aliphatic hydroxyl groups is 1. The molecule has 5 atom stereocenters. The number of rotatable bonds is 64. The molecule has 0 aliphatic carbocycles. The molecular formula is C66H128O17P2. The van der Waals surface area contributed by atoms with Crippen molar-refractivity contribution in [3.8, 4) is 0 Å². The molecule has 0 spiro atoms. The summed E-state index contributed by atoms with van der Waals surface area (Å²) in [6, 6.07) is 0. The minimum Gasteiger partial charge on any atom is -0.462 e. The van der Waals surface area contributed by atoms with Crippen LogP contribution in [-0.4, -0.2) is 96.7 Å². The second kappa shape index (κ2) is 57.2. The lowest BCUT2D eigenvalue weighted by atomic mass is 10.0. The van der Waals surface area contributed by atoms with E-state index < -0.39 is 97.5 Å². The third kappa shape index (κ3) is 60.7. The number of phosphoric acid groups is 2. The average Bonchev–Trinajstić information content (AvgIpc) is 3.55. The van der Waals surface area contributed by atoms with Crippen molar-refractivity contribution in [1.29, 1.82) is 0 Å². The van der Waals surface area contributed by atoms with Crippen molar-refractivity contribution < 1.29 is 80.2 Å². The summed E-state index contributed by atoms with van der Waals surface area (Å²) in [5.41, 5.74) is 0. The quantitative estimate of drug-likeness (QED) is 0.0222. The summed E-state index contributed by atoms with van der Waals surface area (Å²) in [6.07, 6.45) is 39.0. The molecule has 0 rings (SSSR count). The topological polar surface area (TPSA) is 237 Å². The minimum absolute atomic E-state index is 0.103. The van der Waals surface area contributed by atoms with Gasteiger partial charge in [0.25, 0.3) is 0 Å². The van der Waals surface area contributed by atoms with E-state index in [-0.39, 0.29) is 25.7 Å². The zero-order valence-electron chi connectivity index (χ0n) is 55.1. The standard InChI is InChI=1S/C66H128O17P2/c1-8-9-10-11-12-26-33-40-47-63(68)76-53-62(83-66(71)50-43-36-29-22-25-32-39-46-59(6)7)56-81-85(74,75)79-52-60(67)51-78-84(72,73)80-55-61(54-77-64(69)48-41-34-27-20-17-16-19-24-31-38-45-58(4)5)82-65(70)49-42-35-28-21-15-13-14-18-23-30-37-44-57(2)3/h57-62,67H,8-56H2,1-7H3,(H,72,73)(H,74,75)/t60-,61-,62-/m1/s1. The molecule has 0 fully saturated rings. The van der Waals surface area contributed by atoms with Gasteiger partial charge >= 0.3 is 39.5 Å². The van der Waals surface area contributed by atoms with Crippen molar-refractivity contribution in [1.82, 2.24) is 0 Å². The highest BCUT2D eigenvalue weighted by atomic mass is 31.2. The van der Waals surface area contributed by atoms with Gasteiger partial charge in [0.15, 0.2) is 12.2 Å². The Kier molecular flexibility index (Phi) is 55.9. The molecule has 0 aliphatic heterocycles. The molecule has 3 N–H and O–H groups in total. The molecule has 0 amide bonds. The Labute approximate surface area is 517 Å². The van der Waals surface area contributed by atoms with Crippen LogP contribution in [0.15, 0.2) is 0 Å². The van der Waals surface area contributed by atoms with Crippen LogP contribution in [0.3, 0.4) is 0 Å². The maximum absolute atomic E-state index is 13.0. The van der Waals surface area contributed by atoms with E-state index in [1.807, 2.05) is 0 Å². The second-order valence-electron chi connectivity index (χ2n) is 25.3. The number of phosphoric ester groups is 2. The van der Waals surface area contributed by atoms with E-state index in [1.54, 1.807) is 0 Å². The van der Waals surface area contributed by atoms with Gasteiger partial charge in [-0.25, -0.2) is 9.13 Å². The van der Waals surface area contributed by atoms with Crippen LogP contribution in [0.1, 0.15) is 325 Å². The van der Waals surface area contributed by atoms with Gasteiger partial charge in [-0.15, -0.1) is 0 Å². The van der Waals surface area contributed by atoms with E-state index in [9.17, 15) is 43.2 Å². The van der Waals surface area contributed by atoms with Crippen LogP contribution in [0.2, 0.25) is 0 Å². The fraction of sp³-hybridized carbons (Fsp3) is 0.939. The van der Waals surface area contributed by atoms with E-state index in [1.165, 1.54) is 128 Å². The predicted molar refractivity (Wildman–Crippen MR) is 340 cm³/mol. The Morgan fingerprint density at radius 1 is 0.318 bits per heavy atom. The first-order chi connectivity index (χ1) is 40.7. The Hall–Kier alpha value is -1.94. The van der Waals surface area contributed by atoms with Crippen LogP contribution in [0.4, 0.5) is 0 Å². The van der Waals surface area contributed by atoms with Gasteiger partial charge < -0.3 is 33.8 Å². The first-order valence-electron chi connectivity index (χ1n) is 34.3. The molecule has 0 saturated heterocycles. The van der Waals surface area contributed by atoms with E-state index >= 15 is 0 Å². The molecule has 0 aromatic carbocycles. The molecule has 2 unspecified atom stereocenters. The number of hydrogen-bond acceptors (Lipinski definition) is 15. The molecule has 0 aromatic rings. The molecule has 85 heavy (non-hydrogen) atoms. The smallest absolute Gasteiger partial charge is 0.462 e. The second-order valence-corrected chi connectivity index (χ2v) is 28.2. The van der Waals surface area contributed by atoms with Gasteiger partial charge in [0.05, 0.1) is 26.4 Å². The largest absolute Gasteiger partial charge is 0.472 e. The molecule has 0 bridgehead atoms. The number of aliphatic hydroxyl groups excluding tert-OH is 1. The third-order valence-electron chi connectivity index (χ3n) is 15.1. The highest BCUT2D eigenvalue weighted by Crippen LogP contribution is 2.45. The van der Waals surface area contributed by atoms with Gasteiger partial charge in [0.2, 0.25) is 0 Å². The first-order valence-corrected chi connectivity index (χ1v) is 37.3. The van der Waals surface area contributed by atoms with Gasteiger partial charge in [-0.1, -0.05) is 273 Å². The number of carbonyl (C=O) groups excluding carboxylic acids is 4. The zero-order valence-corrected chi connectivity index (χ0v) is 56.9. The van der Waals surface area contributed by atoms with E-state index in [0.717, 1.165) is 108 Å². The summed E-state index contributed by atoms with van der Waals surface area (Å²) in [7, 11) is -9.89. The monoisotopic (exact) mass is 1250 g/mol. The van der Waals surface area contributed by atoms with Gasteiger partial charge in [0.1, 0.15) is 19.3 Å². The Bertz CT molecular complexity index is 1680. The summed E-state index contributed by atoms with van der Waals surface area (Å²) < 4.78 is 68.0. The van der Waals surface area contributed by atoms with Crippen molar-refractivity contribution >= 4 is 39.5 Å². The first kappa shape index (κ1) is 83.1. The summed E-state index contributed by atoms with van der Waals surface area (Å²) >= 11 is 0. The predicted octanol–water partition coefficient (Wildman–Crippen LogP) is 18.3. The lowest BCUT2D eigenvalue weighted by molar-refractivity contribution is -0.161. The van der Waals surface area contributed by atoms with Gasteiger partial charge in [-0.3, -0.25) is 37.3 Å². The number of carbonyl (C=O) groups is 4. The Morgan fingerprint density at radius 2 is 0.541 bits per heavy atom. The van der Waals surface area contributed by atoms with Crippen LogP contribution in [0, 0.1) is 17.8 Å². The lowest BCUT2D eigenvalue weighted by Crippen LogP contribution is -2.30. The van der Waals surface area contributed by atoms with E-state index in [2.05, 4.69) is 48.5 Å². The average molecular weight is 1260 g/mol. The van der Waals surface area contributed by atoms with Crippen LogP contribution in [0.5, 0.6) is 0 Å². The number of ether oxygens (including phenoxy) is 4. The van der Waals surface area contributed by atoms with Crippen LogP contribution >= 0.6 is 15.6 Å². The fourth-order valence-electron chi connectivity index (χ4n) is 9.83. The maximum atomic E-state index is 13.0. The lowest BCUT2D eigenvalue weighted by Gasteiger charge is -2.21. The maximum Gasteiger partial charge on any atom is 0.472 e. The highest BCUT2D eigenvalue weighted by molar-refractivity contribution is 7.47. The van der Waals surface area contributed by atoms with Crippen LogP contribution < -0.4 is 0 Å². The van der Waals surface area contributed by atoms with Crippen molar-refractivity contribution in [2.75, 3.05) is 39.6 Å². The minimum atomic E-state index is -4.95. The molecule has 0 heterocycles. The molecule has 504 valence electrons. The SMILES string of the molecule is CCCCCCCCCCC(=O)OC[C@H](COP(=O)(O)OC[C@H](O)COP(=O)(O)OC[C@@H](COC(=O)CCCCCCCCCCCCC(C)C)OC(=O)CCCCCCCCCCCCCC(C)C)OC(=O)CCCCCCCCCC(C)C. The summed E-state index contributed by atoms with van der Waals surface area (Å²) in [4.78, 5) is 72.2. The zero-order chi connectivity index (χ0) is 63.1. The Morgan fingerprint density at radius 3 is 0.800 bits per heavy atom. The van der Waals surface area contributed by atoms with Crippen LogP contribution in [0.25, 0.3) is 0 Å². The Balaban J connectivity index is 5.23. The van der Waals surface area contributed by atoms with Crippen LogP contribution in [-0.2, 0) is 65.4 Å². The molecule has 17 nitrogen and oxygen atoms in total. The summed E-state index contributed by atoms with van der Waals surface area (Å²) in [6.45, 7) is 11.7. The molecule has 0 saturated carbocycles. The third-order valence-corrected chi connectivity index (χ3v) is 17.0. The van der Waals surface area contributed by atoms with E-state index in [0.29, 0.717) is 31.6 Å². The van der Waals surface area contributed by atoms with Crippen molar-refractivity contribution in [2.45, 2.75) is 343 Å². The number of unbranched alkanes of at least 4 members (excludes halogenated alkanes) is 32. The normalized spacial score (nSPS) is 14.3. The molecule has 0 radical (unpaired) electrons. The van der Waals surface area contributed by atoms with Crippen molar-refractivity contribution in [3.05, 3.63) is 0 Å². The number of esters is 4. The molecule has 0 aromatic heterocycles. The van der Waals surface area contributed by atoms with Gasteiger partial charge in [-0.05, 0) is 43.4 Å². The van der Waals surface area contributed by atoms with Gasteiger partial charge in [-0.2, -0.15) is 0 Å². The fourth-order valence-corrected chi connectivity index (χ4v) is 11.4. The van der Waals surface area contributed by atoms with Crippen molar-refractivity contribution in [3.63, 3.8) is 0 Å².